The van der Waals surface area contributed by atoms with Gasteiger partial charge in [0.05, 0.1) is 5.52 Å². The number of benzene rings is 1. The lowest BCUT2D eigenvalue weighted by atomic mass is 10.1. The molecule has 1 saturated heterocycles. The topological polar surface area (TPSA) is 71.2 Å². The van der Waals surface area contributed by atoms with Gasteiger partial charge in [-0.2, -0.15) is 0 Å². The average molecular weight is 286 g/mol. The Hall–Kier alpha value is -2.14. The van der Waals surface area contributed by atoms with E-state index in [2.05, 4.69) is 10.3 Å². The lowest BCUT2D eigenvalue weighted by molar-refractivity contribution is -0.130. The van der Waals surface area contributed by atoms with Gasteiger partial charge in [0.15, 0.2) is 0 Å². The van der Waals surface area contributed by atoms with Gasteiger partial charge in [0.1, 0.15) is 6.10 Å². The number of H-pyrrole nitrogens is 1. The van der Waals surface area contributed by atoms with E-state index in [1.54, 1.807) is 0 Å². The normalized spacial score (nSPS) is 18.0. The summed E-state index contributed by atoms with van der Waals surface area (Å²) < 4.78 is 5.32. The zero-order chi connectivity index (χ0) is 14.8. The fourth-order valence-electron chi connectivity index (χ4n) is 2.64. The molecule has 1 aromatic carbocycles. The summed E-state index contributed by atoms with van der Waals surface area (Å²) in [5, 5.41) is 3.75. The summed E-state index contributed by atoms with van der Waals surface area (Å²) in [7, 11) is 0. The van der Waals surface area contributed by atoms with Crippen LogP contribution < -0.4 is 10.9 Å². The summed E-state index contributed by atoms with van der Waals surface area (Å²) in [6, 6.07) is 7.68. The molecule has 2 N–H and O–H groups in total. The second-order valence-corrected chi connectivity index (χ2v) is 5.38. The summed E-state index contributed by atoms with van der Waals surface area (Å²) in [5.41, 5.74) is 2.26. The minimum Gasteiger partial charge on any atom is -0.368 e. The molecule has 0 aliphatic carbocycles. The summed E-state index contributed by atoms with van der Waals surface area (Å²) in [6.45, 7) is 2.81. The summed E-state index contributed by atoms with van der Waals surface area (Å²) in [4.78, 5) is 26.9. The van der Waals surface area contributed by atoms with Crippen molar-refractivity contribution in [2.45, 2.75) is 32.4 Å². The van der Waals surface area contributed by atoms with Crippen molar-refractivity contribution in [3.63, 3.8) is 0 Å². The standard InChI is InChI=1S/C16H18N2O3/c1-10-4-2-5-11-8-12(15(19)18-14(10)11)9-17-16(20)13-6-3-7-21-13/h2,4-5,8,13H,3,6-7,9H2,1H3,(H,17,20)(H,18,19). The highest BCUT2D eigenvalue weighted by atomic mass is 16.5. The molecule has 2 aromatic rings. The maximum Gasteiger partial charge on any atom is 0.253 e. The van der Waals surface area contributed by atoms with Gasteiger partial charge < -0.3 is 15.0 Å². The second kappa shape index (κ2) is 5.69. The number of amides is 1. The van der Waals surface area contributed by atoms with Crippen molar-refractivity contribution < 1.29 is 9.53 Å². The van der Waals surface area contributed by atoms with Gasteiger partial charge in [0, 0.05) is 18.7 Å². The quantitative estimate of drug-likeness (QED) is 0.901. The van der Waals surface area contributed by atoms with Gasteiger partial charge in [-0.15, -0.1) is 0 Å². The SMILES string of the molecule is Cc1cccc2cc(CNC(=O)C3CCCO3)c(=O)[nH]c12. The van der Waals surface area contributed by atoms with Crippen molar-refractivity contribution >= 4 is 16.8 Å². The van der Waals surface area contributed by atoms with Crippen LogP contribution in [0.1, 0.15) is 24.0 Å². The molecule has 0 saturated carbocycles. The molecule has 1 aromatic heterocycles. The predicted octanol–water partition coefficient (Wildman–Crippen LogP) is 1.63. The lowest BCUT2D eigenvalue weighted by Gasteiger charge is -2.10. The summed E-state index contributed by atoms with van der Waals surface area (Å²) in [5.74, 6) is -0.142. The number of hydrogen-bond donors (Lipinski definition) is 2. The van der Waals surface area contributed by atoms with Crippen LogP contribution in [0, 0.1) is 6.92 Å². The monoisotopic (exact) mass is 286 g/mol. The Bertz CT molecular complexity index is 730. The highest BCUT2D eigenvalue weighted by Gasteiger charge is 2.23. The largest absolute Gasteiger partial charge is 0.368 e. The fraction of sp³-hybridized carbons (Fsp3) is 0.375. The number of aromatic amines is 1. The first-order valence-corrected chi connectivity index (χ1v) is 7.16. The van der Waals surface area contributed by atoms with Crippen LogP contribution in [0.5, 0.6) is 0 Å². The van der Waals surface area contributed by atoms with Crippen LogP contribution in [0.4, 0.5) is 0 Å². The molecule has 1 aliphatic heterocycles. The van der Waals surface area contributed by atoms with Gasteiger partial charge >= 0.3 is 0 Å². The van der Waals surface area contributed by atoms with Crippen LogP contribution in [-0.2, 0) is 16.1 Å². The van der Waals surface area contributed by atoms with Crippen LogP contribution >= 0.6 is 0 Å². The molecule has 1 aliphatic rings. The van der Waals surface area contributed by atoms with Crippen molar-refractivity contribution in [1.82, 2.24) is 10.3 Å². The molecule has 3 rings (SSSR count). The molecule has 1 atom stereocenters. The van der Waals surface area contributed by atoms with E-state index in [1.165, 1.54) is 0 Å². The zero-order valence-electron chi connectivity index (χ0n) is 11.9. The molecule has 21 heavy (non-hydrogen) atoms. The van der Waals surface area contributed by atoms with Crippen LogP contribution in [0.15, 0.2) is 29.1 Å². The molecule has 1 unspecified atom stereocenters. The van der Waals surface area contributed by atoms with Crippen LogP contribution in [-0.4, -0.2) is 23.6 Å². The van der Waals surface area contributed by atoms with Crippen molar-refractivity contribution in [2.75, 3.05) is 6.61 Å². The molecule has 2 heterocycles. The van der Waals surface area contributed by atoms with E-state index in [-0.39, 0.29) is 24.1 Å². The van der Waals surface area contributed by atoms with E-state index in [0.29, 0.717) is 12.2 Å². The van der Waals surface area contributed by atoms with Crippen molar-refractivity contribution in [1.29, 1.82) is 0 Å². The number of hydrogen-bond acceptors (Lipinski definition) is 3. The van der Waals surface area contributed by atoms with E-state index >= 15 is 0 Å². The van der Waals surface area contributed by atoms with Crippen LogP contribution in [0.25, 0.3) is 10.9 Å². The van der Waals surface area contributed by atoms with E-state index in [1.807, 2.05) is 31.2 Å². The number of carbonyl (C=O) groups excluding carboxylic acids is 1. The predicted molar refractivity (Wildman–Crippen MR) is 80.1 cm³/mol. The Labute approximate surface area is 122 Å². The first-order chi connectivity index (χ1) is 10.1. The van der Waals surface area contributed by atoms with E-state index in [0.717, 1.165) is 29.3 Å². The number of ether oxygens (including phenoxy) is 1. The molecule has 110 valence electrons. The van der Waals surface area contributed by atoms with Gasteiger partial charge in [-0.1, -0.05) is 18.2 Å². The van der Waals surface area contributed by atoms with E-state index < -0.39 is 0 Å². The van der Waals surface area contributed by atoms with Crippen LogP contribution in [0.3, 0.4) is 0 Å². The summed E-state index contributed by atoms with van der Waals surface area (Å²) in [6.07, 6.45) is 1.29. The van der Waals surface area contributed by atoms with Gasteiger partial charge in [-0.05, 0) is 36.8 Å². The van der Waals surface area contributed by atoms with E-state index in [4.69, 9.17) is 4.74 Å². The average Bonchev–Trinajstić information content (AvgIpc) is 3.00. The summed E-state index contributed by atoms with van der Waals surface area (Å²) >= 11 is 0. The van der Waals surface area contributed by atoms with Crippen molar-refractivity contribution in [3.05, 3.63) is 45.7 Å². The van der Waals surface area contributed by atoms with E-state index in [9.17, 15) is 9.59 Å². The lowest BCUT2D eigenvalue weighted by Crippen LogP contribution is -2.35. The Morgan fingerprint density at radius 1 is 1.48 bits per heavy atom. The molecule has 5 heteroatoms. The Balaban J connectivity index is 1.79. The minimum absolute atomic E-state index is 0.142. The number of pyridine rings is 1. The van der Waals surface area contributed by atoms with Gasteiger partial charge in [-0.25, -0.2) is 0 Å². The molecule has 1 fully saturated rings. The minimum atomic E-state index is -0.369. The first-order valence-electron chi connectivity index (χ1n) is 7.16. The molecule has 5 nitrogen and oxygen atoms in total. The third-order valence-corrected chi connectivity index (χ3v) is 3.84. The Kier molecular flexibility index (Phi) is 3.75. The number of para-hydroxylation sites is 1. The zero-order valence-corrected chi connectivity index (χ0v) is 11.9. The third kappa shape index (κ3) is 2.83. The Morgan fingerprint density at radius 3 is 3.10 bits per heavy atom. The third-order valence-electron chi connectivity index (χ3n) is 3.84. The number of fused-ring (bicyclic) bond motifs is 1. The number of aryl methyl sites for hydroxylation is 1. The number of carbonyl (C=O) groups is 1. The highest BCUT2D eigenvalue weighted by molar-refractivity contribution is 5.83. The number of rotatable bonds is 3. The first kappa shape index (κ1) is 13.8. The maximum atomic E-state index is 12.1. The van der Waals surface area contributed by atoms with Crippen molar-refractivity contribution in [3.8, 4) is 0 Å². The molecule has 0 spiro atoms. The fourth-order valence-corrected chi connectivity index (χ4v) is 2.64. The van der Waals surface area contributed by atoms with Gasteiger partial charge in [-0.3, -0.25) is 9.59 Å². The smallest absolute Gasteiger partial charge is 0.253 e. The van der Waals surface area contributed by atoms with Gasteiger partial charge in [0.2, 0.25) is 5.91 Å². The van der Waals surface area contributed by atoms with Gasteiger partial charge in [0.25, 0.3) is 5.56 Å². The number of aromatic nitrogens is 1. The van der Waals surface area contributed by atoms with Crippen molar-refractivity contribution in [2.24, 2.45) is 0 Å². The molecule has 0 radical (unpaired) electrons. The Morgan fingerprint density at radius 2 is 2.33 bits per heavy atom. The molecule has 1 amide bonds. The highest BCUT2D eigenvalue weighted by Crippen LogP contribution is 2.15. The molecular formula is C16H18N2O3. The van der Waals surface area contributed by atoms with Crippen LogP contribution in [0.2, 0.25) is 0 Å². The maximum absolute atomic E-state index is 12.1. The molecular weight excluding hydrogens is 268 g/mol. The molecule has 0 bridgehead atoms. The second-order valence-electron chi connectivity index (χ2n) is 5.38. The number of nitrogens with one attached hydrogen (secondary N) is 2.